The van der Waals surface area contributed by atoms with Crippen LogP contribution in [0.3, 0.4) is 0 Å². The maximum absolute atomic E-state index is 14.1. The molecule has 0 spiro atoms. The number of nitrogens with zero attached hydrogens (tertiary/aromatic N) is 4. The van der Waals surface area contributed by atoms with Gasteiger partial charge in [0.05, 0.1) is 16.6 Å². The number of para-hydroxylation sites is 1. The van der Waals surface area contributed by atoms with Gasteiger partial charge in [-0.1, -0.05) is 66.7 Å². The van der Waals surface area contributed by atoms with Crippen molar-refractivity contribution < 1.29 is 8.42 Å². The van der Waals surface area contributed by atoms with Crippen LogP contribution in [0.4, 0.5) is 0 Å². The monoisotopic (exact) mass is 472 g/mol. The summed E-state index contributed by atoms with van der Waals surface area (Å²) in [5.74, 6) is 0. The number of fused-ring (bicyclic) bond motifs is 1. The molecule has 2 heterocycles. The van der Waals surface area contributed by atoms with Gasteiger partial charge in [-0.2, -0.15) is 5.10 Å². The number of likely N-dealkylation sites (N-methyl/N-ethyl adjacent to an activating group) is 1. The first-order valence-electron chi connectivity index (χ1n) is 11.4. The van der Waals surface area contributed by atoms with Gasteiger partial charge in [-0.3, -0.25) is 5.01 Å². The summed E-state index contributed by atoms with van der Waals surface area (Å²) in [5, 5.41) is 7.63. The average Bonchev–Trinajstić information content (AvgIpc) is 3.16. The van der Waals surface area contributed by atoms with Crippen LogP contribution in [-0.2, 0) is 10.0 Å². The number of piperazine rings is 1. The van der Waals surface area contributed by atoms with E-state index in [-0.39, 0.29) is 4.90 Å². The minimum absolute atomic E-state index is 0.285. The number of hydrazone groups is 1. The molecule has 0 radical (unpaired) electrons. The zero-order valence-electron chi connectivity index (χ0n) is 19.4. The van der Waals surface area contributed by atoms with Gasteiger partial charge in [-0.05, 0) is 31.7 Å². The van der Waals surface area contributed by atoms with Gasteiger partial charge in [0.2, 0.25) is 0 Å². The van der Waals surface area contributed by atoms with Crippen molar-refractivity contribution in [3.63, 3.8) is 0 Å². The van der Waals surface area contributed by atoms with Crippen LogP contribution in [0.5, 0.6) is 0 Å². The molecular formula is C27H28N4O2S. The Morgan fingerprint density at radius 2 is 1.47 bits per heavy atom. The first-order chi connectivity index (χ1) is 16.5. The second-order valence-corrected chi connectivity index (χ2v) is 10.4. The minimum atomic E-state index is -3.87. The zero-order chi connectivity index (χ0) is 23.7. The lowest BCUT2D eigenvalue weighted by Crippen LogP contribution is -2.41. The maximum atomic E-state index is 14.1. The van der Waals surface area contributed by atoms with Crippen molar-refractivity contribution in [2.45, 2.75) is 11.8 Å². The SMILES string of the molecule is Cc1c(C=NN2CCN(C)CC2)c2ccccc2n1S(=O)(=O)c1ccccc1-c1ccccc1. The minimum Gasteiger partial charge on any atom is -0.303 e. The molecule has 1 aliphatic rings. The van der Waals surface area contributed by atoms with Crippen molar-refractivity contribution in [1.82, 2.24) is 13.9 Å². The van der Waals surface area contributed by atoms with Crippen molar-refractivity contribution in [3.05, 3.63) is 90.1 Å². The Labute approximate surface area is 200 Å². The lowest BCUT2D eigenvalue weighted by atomic mass is 10.1. The highest BCUT2D eigenvalue weighted by molar-refractivity contribution is 7.90. The summed E-state index contributed by atoms with van der Waals surface area (Å²) in [6.45, 7) is 5.49. The van der Waals surface area contributed by atoms with Gasteiger partial charge < -0.3 is 4.90 Å². The third-order valence-electron chi connectivity index (χ3n) is 6.43. The standard InChI is InChI=1S/C27H28N4O2S/c1-21-25(20-28-30-18-16-29(2)17-19-30)24-13-6-8-14-26(24)31(21)34(32,33)27-15-9-7-12-23(27)22-10-4-3-5-11-22/h3-15,20H,16-19H2,1-2H3. The molecule has 1 fully saturated rings. The van der Waals surface area contributed by atoms with E-state index in [2.05, 4.69) is 11.9 Å². The van der Waals surface area contributed by atoms with Crippen LogP contribution in [0.2, 0.25) is 0 Å². The van der Waals surface area contributed by atoms with E-state index in [1.54, 1.807) is 12.1 Å². The summed E-state index contributed by atoms with van der Waals surface area (Å²) in [5.41, 5.74) is 3.69. The average molecular weight is 473 g/mol. The lowest BCUT2D eigenvalue weighted by molar-refractivity contribution is 0.159. The molecule has 0 amide bonds. The first-order valence-corrected chi connectivity index (χ1v) is 12.9. The Morgan fingerprint density at radius 1 is 0.824 bits per heavy atom. The summed E-state index contributed by atoms with van der Waals surface area (Å²) in [7, 11) is -1.76. The molecule has 7 heteroatoms. The molecule has 0 aliphatic carbocycles. The highest BCUT2D eigenvalue weighted by Gasteiger charge is 2.27. The molecule has 0 N–H and O–H groups in total. The van der Waals surface area contributed by atoms with Gasteiger partial charge in [0, 0.05) is 48.4 Å². The maximum Gasteiger partial charge on any atom is 0.269 e. The van der Waals surface area contributed by atoms with Crippen LogP contribution >= 0.6 is 0 Å². The van der Waals surface area contributed by atoms with E-state index in [9.17, 15) is 8.42 Å². The Bertz CT molecular complexity index is 1450. The number of benzene rings is 3. The molecule has 0 atom stereocenters. The summed E-state index contributed by atoms with van der Waals surface area (Å²) < 4.78 is 29.7. The fraction of sp³-hybridized carbons (Fsp3) is 0.222. The number of aromatic nitrogens is 1. The zero-order valence-corrected chi connectivity index (χ0v) is 20.2. The topological polar surface area (TPSA) is 57.9 Å². The van der Waals surface area contributed by atoms with Gasteiger partial charge in [0.15, 0.2) is 0 Å². The van der Waals surface area contributed by atoms with E-state index in [1.807, 2.05) is 84.9 Å². The van der Waals surface area contributed by atoms with Crippen molar-refractivity contribution in [2.75, 3.05) is 33.2 Å². The van der Waals surface area contributed by atoms with E-state index in [1.165, 1.54) is 3.97 Å². The quantitative estimate of drug-likeness (QED) is 0.403. The summed E-state index contributed by atoms with van der Waals surface area (Å²) in [6, 6.07) is 24.4. The van der Waals surface area contributed by atoms with Crippen molar-refractivity contribution >= 4 is 27.1 Å². The largest absolute Gasteiger partial charge is 0.303 e. The van der Waals surface area contributed by atoms with E-state index < -0.39 is 10.0 Å². The van der Waals surface area contributed by atoms with Gasteiger partial charge in [0.25, 0.3) is 10.0 Å². The Morgan fingerprint density at radius 3 is 2.24 bits per heavy atom. The second kappa shape index (κ2) is 9.08. The van der Waals surface area contributed by atoms with Crippen LogP contribution in [0.25, 0.3) is 22.0 Å². The highest BCUT2D eigenvalue weighted by atomic mass is 32.2. The molecule has 0 unspecified atom stereocenters. The van der Waals surface area contributed by atoms with E-state index in [4.69, 9.17) is 5.10 Å². The van der Waals surface area contributed by atoms with Gasteiger partial charge in [0.1, 0.15) is 0 Å². The second-order valence-electron chi connectivity index (χ2n) is 8.65. The van der Waals surface area contributed by atoms with Crippen molar-refractivity contribution in [1.29, 1.82) is 0 Å². The van der Waals surface area contributed by atoms with Crippen molar-refractivity contribution in [2.24, 2.45) is 5.10 Å². The van der Waals surface area contributed by atoms with E-state index in [0.29, 0.717) is 16.8 Å². The van der Waals surface area contributed by atoms with Crippen LogP contribution < -0.4 is 0 Å². The van der Waals surface area contributed by atoms with Crippen LogP contribution in [0, 0.1) is 6.92 Å². The number of rotatable bonds is 5. The van der Waals surface area contributed by atoms with Crippen LogP contribution in [0.15, 0.2) is 88.9 Å². The molecule has 174 valence electrons. The normalized spacial score (nSPS) is 15.4. The third kappa shape index (κ3) is 4.02. The molecule has 5 rings (SSSR count). The Hall–Kier alpha value is -3.42. The predicted octanol–water partition coefficient (Wildman–Crippen LogP) is 4.44. The van der Waals surface area contributed by atoms with Gasteiger partial charge in [-0.15, -0.1) is 0 Å². The fourth-order valence-electron chi connectivity index (χ4n) is 4.53. The molecular weight excluding hydrogens is 444 g/mol. The van der Waals surface area contributed by atoms with Crippen LogP contribution in [0.1, 0.15) is 11.3 Å². The molecule has 1 aliphatic heterocycles. The first kappa shape index (κ1) is 22.4. The molecule has 3 aromatic carbocycles. The van der Waals surface area contributed by atoms with Crippen molar-refractivity contribution in [3.8, 4) is 11.1 Å². The smallest absolute Gasteiger partial charge is 0.269 e. The molecule has 6 nitrogen and oxygen atoms in total. The molecule has 0 bridgehead atoms. The number of hydrogen-bond acceptors (Lipinski definition) is 5. The molecule has 0 saturated carbocycles. The van der Waals surface area contributed by atoms with Crippen LogP contribution in [-0.4, -0.2) is 61.7 Å². The summed E-state index contributed by atoms with van der Waals surface area (Å²) in [6.07, 6.45) is 1.82. The third-order valence-corrected chi connectivity index (χ3v) is 8.29. The Kier molecular flexibility index (Phi) is 5.98. The van der Waals surface area contributed by atoms with E-state index >= 15 is 0 Å². The predicted molar refractivity (Wildman–Crippen MR) is 138 cm³/mol. The number of hydrogen-bond donors (Lipinski definition) is 0. The van der Waals surface area contributed by atoms with Gasteiger partial charge >= 0.3 is 0 Å². The Balaban J connectivity index is 1.64. The fourth-order valence-corrected chi connectivity index (χ4v) is 6.32. The summed E-state index contributed by atoms with van der Waals surface area (Å²) >= 11 is 0. The molecule has 1 saturated heterocycles. The lowest BCUT2D eigenvalue weighted by Gasteiger charge is -2.30. The van der Waals surface area contributed by atoms with E-state index in [0.717, 1.165) is 42.7 Å². The summed E-state index contributed by atoms with van der Waals surface area (Å²) in [4.78, 5) is 2.56. The molecule has 4 aromatic rings. The highest BCUT2D eigenvalue weighted by Crippen LogP contribution is 2.33. The molecule has 1 aromatic heterocycles. The van der Waals surface area contributed by atoms with Gasteiger partial charge in [-0.25, -0.2) is 12.4 Å². The molecule has 34 heavy (non-hydrogen) atoms.